The number of carbonyl (C=O) groups excluding carboxylic acids is 1. The van der Waals surface area contributed by atoms with Crippen LogP contribution in [0.25, 0.3) is 11.5 Å². The van der Waals surface area contributed by atoms with E-state index >= 15 is 0 Å². The molecule has 0 aliphatic carbocycles. The molecule has 0 spiro atoms. The lowest BCUT2D eigenvalue weighted by Crippen LogP contribution is -2.24. The fourth-order valence-corrected chi connectivity index (χ4v) is 3.75. The van der Waals surface area contributed by atoms with E-state index < -0.39 is 0 Å². The highest BCUT2D eigenvalue weighted by molar-refractivity contribution is 5.79. The van der Waals surface area contributed by atoms with Gasteiger partial charge in [0.15, 0.2) is 5.82 Å². The number of amides is 1. The maximum absolute atomic E-state index is 12.6. The highest BCUT2D eigenvalue weighted by Crippen LogP contribution is 2.30. The molecule has 2 heterocycles. The second-order valence-corrected chi connectivity index (χ2v) is 8.47. The zero-order valence-corrected chi connectivity index (χ0v) is 18.0. The minimum absolute atomic E-state index is 0.0361. The normalized spacial score (nSPS) is 16.5. The molecule has 1 fully saturated rings. The monoisotopic (exact) mass is 404 g/mol. The molecule has 0 radical (unpaired) electrons. The third kappa shape index (κ3) is 4.22. The van der Waals surface area contributed by atoms with E-state index in [1.54, 1.807) is 0 Å². The predicted octanol–water partition coefficient (Wildman–Crippen LogP) is 4.44. The van der Waals surface area contributed by atoms with Gasteiger partial charge in [-0.2, -0.15) is 4.98 Å². The topological polar surface area (TPSA) is 62.5 Å². The minimum Gasteiger partial charge on any atom is -0.378 e. The summed E-state index contributed by atoms with van der Waals surface area (Å²) in [6, 6.07) is 16.5. The molecule has 6 heteroatoms. The van der Waals surface area contributed by atoms with Crippen molar-refractivity contribution in [2.45, 2.75) is 38.6 Å². The average molecular weight is 405 g/mol. The van der Waals surface area contributed by atoms with Crippen LogP contribution in [-0.4, -0.2) is 41.6 Å². The van der Waals surface area contributed by atoms with Crippen molar-refractivity contribution in [2.75, 3.05) is 25.5 Å². The molecular weight excluding hydrogens is 376 g/mol. The van der Waals surface area contributed by atoms with Gasteiger partial charge in [0.1, 0.15) is 0 Å². The summed E-state index contributed by atoms with van der Waals surface area (Å²) in [6.07, 6.45) is 0.419. The van der Waals surface area contributed by atoms with Gasteiger partial charge in [-0.3, -0.25) is 4.79 Å². The van der Waals surface area contributed by atoms with Gasteiger partial charge in [0.2, 0.25) is 5.91 Å². The Morgan fingerprint density at radius 1 is 1.10 bits per heavy atom. The lowest BCUT2D eigenvalue weighted by atomic mass is 10.0. The summed E-state index contributed by atoms with van der Waals surface area (Å²) in [4.78, 5) is 21.1. The van der Waals surface area contributed by atoms with Gasteiger partial charge in [-0.25, -0.2) is 0 Å². The molecule has 1 aliphatic rings. The van der Waals surface area contributed by atoms with E-state index in [4.69, 9.17) is 4.52 Å². The molecule has 4 rings (SSSR count). The molecule has 1 saturated heterocycles. The number of rotatable bonds is 6. The zero-order valence-electron chi connectivity index (χ0n) is 18.0. The highest BCUT2D eigenvalue weighted by atomic mass is 16.5. The van der Waals surface area contributed by atoms with Gasteiger partial charge in [-0.15, -0.1) is 0 Å². The largest absolute Gasteiger partial charge is 0.378 e. The van der Waals surface area contributed by atoms with Crippen LogP contribution in [0.5, 0.6) is 0 Å². The van der Waals surface area contributed by atoms with Gasteiger partial charge in [-0.1, -0.05) is 43.3 Å². The molecule has 3 aromatic rings. The summed E-state index contributed by atoms with van der Waals surface area (Å²) >= 11 is 0. The van der Waals surface area contributed by atoms with Crippen molar-refractivity contribution in [3.8, 4) is 11.5 Å². The molecule has 0 saturated carbocycles. The van der Waals surface area contributed by atoms with Crippen LogP contribution in [0.2, 0.25) is 0 Å². The Kier molecular flexibility index (Phi) is 5.57. The van der Waals surface area contributed by atoms with E-state index in [0.717, 1.165) is 16.8 Å². The first kappa shape index (κ1) is 20.1. The van der Waals surface area contributed by atoms with Crippen LogP contribution in [0.4, 0.5) is 5.69 Å². The Morgan fingerprint density at radius 3 is 2.43 bits per heavy atom. The Balaban J connectivity index is 1.43. The van der Waals surface area contributed by atoms with Crippen molar-refractivity contribution in [1.29, 1.82) is 0 Å². The predicted molar refractivity (Wildman–Crippen MR) is 117 cm³/mol. The van der Waals surface area contributed by atoms with Crippen LogP contribution in [-0.2, 0) is 11.3 Å². The van der Waals surface area contributed by atoms with Gasteiger partial charge in [0.05, 0.1) is 0 Å². The maximum Gasteiger partial charge on any atom is 0.257 e. The maximum atomic E-state index is 12.6. The molecule has 0 N–H and O–H groups in total. The number of hydrogen-bond acceptors (Lipinski definition) is 5. The smallest absolute Gasteiger partial charge is 0.257 e. The molecule has 2 aromatic carbocycles. The lowest BCUT2D eigenvalue weighted by molar-refractivity contribution is -0.128. The minimum atomic E-state index is -0.0361. The molecule has 30 heavy (non-hydrogen) atoms. The van der Waals surface area contributed by atoms with Crippen LogP contribution in [0.15, 0.2) is 53.1 Å². The first-order chi connectivity index (χ1) is 14.4. The van der Waals surface area contributed by atoms with Crippen molar-refractivity contribution < 1.29 is 9.32 Å². The number of nitrogens with zero attached hydrogens (tertiary/aromatic N) is 4. The van der Waals surface area contributed by atoms with E-state index in [0.29, 0.717) is 37.1 Å². The van der Waals surface area contributed by atoms with Crippen LogP contribution >= 0.6 is 0 Å². The van der Waals surface area contributed by atoms with E-state index in [-0.39, 0.29) is 11.8 Å². The summed E-state index contributed by atoms with van der Waals surface area (Å²) in [7, 11) is 4.00. The number of anilines is 1. The number of carbonyl (C=O) groups is 1. The van der Waals surface area contributed by atoms with Crippen molar-refractivity contribution in [3.63, 3.8) is 0 Å². The van der Waals surface area contributed by atoms with Gasteiger partial charge in [0.25, 0.3) is 5.89 Å². The van der Waals surface area contributed by atoms with Crippen LogP contribution in [0, 0.1) is 0 Å². The summed E-state index contributed by atoms with van der Waals surface area (Å²) in [5.41, 5.74) is 4.44. The molecule has 1 aromatic heterocycles. The third-order valence-electron chi connectivity index (χ3n) is 5.67. The molecule has 1 unspecified atom stereocenters. The third-order valence-corrected chi connectivity index (χ3v) is 5.67. The molecule has 0 bridgehead atoms. The zero-order chi connectivity index (χ0) is 21.3. The van der Waals surface area contributed by atoms with Gasteiger partial charge >= 0.3 is 0 Å². The lowest BCUT2D eigenvalue weighted by Gasteiger charge is -2.16. The first-order valence-electron chi connectivity index (χ1n) is 10.4. The van der Waals surface area contributed by atoms with Crippen molar-refractivity contribution in [3.05, 3.63) is 65.5 Å². The van der Waals surface area contributed by atoms with Gasteiger partial charge in [0, 0.05) is 50.8 Å². The van der Waals surface area contributed by atoms with E-state index in [9.17, 15) is 4.79 Å². The standard InChI is InChI=1S/C24H28N4O2/c1-16(2)18-7-5-17(6-8-18)14-28-15-20(13-22(28)29)23-25-24(30-26-23)19-9-11-21(12-10-19)27(3)4/h5-12,16,20H,13-15H2,1-4H3. The Morgan fingerprint density at radius 2 is 1.80 bits per heavy atom. The molecular formula is C24H28N4O2. The second-order valence-electron chi connectivity index (χ2n) is 8.47. The van der Waals surface area contributed by atoms with Crippen molar-refractivity contribution >= 4 is 11.6 Å². The summed E-state index contributed by atoms with van der Waals surface area (Å²) < 4.78 is 5.48. The Hall–Kier alpha value is -3.15. The van der Waals surface area contributed by atoms with Crippen LogP contribution in [0.3, 0.4) is 0 Å². The summed E-state index contributed by atoms with van der Waals surface area (Å²) in [5.74, 6) is 1.70. The van der Waals surface area contributed by atoms with Gasteiger partial charge < -0.3 is 14.3 Å². The van der Waals surface area contributed by atoms with Crippen molar-refractivity contribution in [1.82, 2.24) is 15.0 Å². The fraction of sp³-hybridized carbons (Fsp3) is 0.375. The molecule has 1 amide bonds. The second kappa shape index (κ2) is 8.30. The number of likely N-dealkylation sites (tertiary alicyclic amines) is 1. The fourth-order valence-electron chi connectivity index (χ4n) is 3.75. The van der Waals surface area contributed by atoms with E-state index in [1.165, 1.54) is 5.56 Å². The van der Waals surface area contributed by atoms with Crippen LogP contribution in [0.1, 0.15) is 49.1 Å². The summed E-state index contributed by atoms with van der Waals surface area (Å²) in [5, 5.41) is 4.16. The molecule has 1 atom stereocenters. The average Bonchev–Trinajstić information content (AvgIpc) is 3.36. The molecule has 1 aliphatic heterocycles. The van der Waals surface area contributed by atoms with Gasteiger partial charge in [-0.05, 0) is 41.3 Å². The van der Waals surface area contributed by atoms with E-state index in [1.807, 2.05) is 48.2 Å². The molecule has 6 nitrogen and oxygen atoms in total. The van der Waals surface area contributed by atoms with Crippen molar-refractivity contribution in [2.24, 2.45) is 0 Å². The molecule has 156 valence electrons. The SMILES string of the molecule is CC(C)c1ccc(CN2CC(c3noc(-c4ccc(N(C)C)cc4)n3)CC2=O)cc1. The van der Waals surface area contributed by atoms with Crippen LogP contribution < -0.4 is 4.90 Å². The Bertz CT molecular complexity index is 1010. The first-order valence-corrected chi connectivity index (χ1v) is 10.4. The number of benzene rings is 2. The highest BCUT2D eigenvalue weighted by Gasteiger charge is 2.33. The van der Waals surface area contributed by atoms with E-state index in [2.05, 4.69) is 48.3 Å². The number of aromatic nitrogens is 2. The quantitative estimate of drug-likeness (QED) is 0.608. The Labute approximate surface area is 177 Å². The number of hydrogen-bond donors (Lipinski definition) is 0. The summed E-state index contributed by atoms with van der Waals surface area (Å²) in [6.45, 7) is 5.59.